The van der Waals surface area contributed by atoms with Gasteiger partial charge in [-0.15, -0.1) is 0 Å². The highest BCUT2D eigenvalue weighted by Crippen LogP contribution is 2.29. The summed E-state index contributed by atoms with van der Waals surface area (Å²) < 4.78 is 20.4. The Hall–Kier alpha value is -4.19. The number of nitro benzene ring substituents is 1. The minimum absolute atomic E-state index is 0.0142. The van der Waals surface area contributed by atoms with Crippen molar-refractivity contribution in [3.8, 4) is 11.8 Å². The zero-order valence-electron chi connectivity index (χ0n) is 17.8. The molecule has 0 atom stereocenters. The lowest BCUT2D eigenvalue weighted by molar-refractivity contribution is -0.385. The summed E-state index contributed by atoms with van der Waals surface area (Å²) in [6, 6.07) is 12.4. The maximum absolute atomic E-state index is 13.2. The number of aryl methyl sites for hydroxylation is 1. The number of hydrogen-bond donors (Lipinski definition) is 1. The monoisotopic (exact) mass is 436 g/mol. The Kier molecular flexibility index (Phi) is 6.54. The van der Waals surface area contributed by atoms with Crippen molar-refractivity contribution < 1.29 is 18.8 Å². The minimum atomic E-state index is -0.582. The number of nitrogens with zero attached hydrogens (tertiary/aromatic N) is 3. The van der Waals surface area contributed by atoms with Gasteiger partial charge in [-0.05, 0) is 55.7 Å². The molecule has 0 fully saturated rings. The minimum Gasteiger partial charge on any atom is -0.477 e. The first-order valence-corrected chi connectivity index (χ1v) is 9.73. The van der Waals surface area contributed by atoms with Crippen LogP contribution in [0.25, 0.3) is 0 Å². The van der Waals surface area contributed by atoms with Gasteiger partial charge in [0, 0.05) is 18.3 Å². The predicted octanol–water partition coefficient (Wildman–Crippen LogP) is 4.40. The third-order valence-corrected chi connectivity index (χ3v) is 5.12. The molecule has 0 radical (unpaired) electrons. The van der Waals surface area contributed by atoms with Crippen molar-refractivity contribution in [1.82, 2.24) is 4.57 Å². The second-order valence-electron chi connectivity index (χ2n) is 7.32. The van der Waals surface area contributed by atoms with Gasteiger partial charge in [0.1, 0.15) is 17.7 Å². The summed E-state index contributed by atoms with van der Waals surface area (Å²) in [4.78, 5) is 23.2. The van der Waals surface area contributed by atoms with Crippen LogP contribution in [0.1, 0.15) is 27.9 Å². The van der Waals surface area contributed by atoms with E-state index in [-0.39, 0.29) is 17.3 Å². The second-order valence-corrected chi connectivity index (χ2v) is 7.32. The van der Waals surface area contributed by atoms with Gasteiger partial charge in [-0.1, -0.05) is 18.2 Å². The topological polar surface area (TPSA) is 110 Å². The number of ether oxygens (including phenoxy) is 1. The molecule has 8 nitrogen and oxygen atoms in total. The fraction of sp³-hybridized carbons (Fsp3) is 0.217. The first kappa shape index (κ1) is 22.5. The van der Waals surface area contributed by atoms with Gasteiger partial charge < -0.3 is 14.6 Å². The molecule has 1 amide bonds. The molecule has 0 saturated carbocycles. The van der Waals surface area contributed by atoms with E-state index in [1.807, 2.05) is 6.92 Å². The fourth-order valence-corrected chi connectivity index (χ4v) is 3.30. The van der Waals surface area contributed by atoms with E-state index in [2.05, 4.69) is 11.4 Å². The van der Waals surface area contributed by atoms with Crippen molar-refractivity contribution in [2.75, 3.05) is 11.9 Å². The highest BCUT2D eigenvalue weighted by molar-refractivity contribution is 5.93. The summed E-state index contributed by atoms with van der Waals surface area (Å²) in [7, 11) is 0. The number of hydrogen-bond acceptors (Lipinski definition) is 5. The third kappa shape index (κ3) is 4.75. The molecule has 3 rings (SSSR count). The molecule has 0 aliphatic rings. The summed E-state index contributed by atoms with van der Waals surface area (Å²) >= 11 is 0. The van der Waals surface area contributed by atoms with Gasteiger partial charge in [-0.2, -0.15) is 5.26 Å². The molecule has 0 saturated heterocycles. The van der Waals surface area contributed by atoms with Crippen LogP contribution in [0.5, 0.6) is 5.75 Å². The maximum atomic E-state index is 13.2. The van der Waals surface area contributed by atoms with Gasteiger partial charge in [-0.3, -0.25) is 14.9 Å². The van der Waals surface area contributed by atoms with Crippen molar-refractivity contribution in [2.45, 2.75) is 27.3 Å². The van der Waals surface area contributed by atoms with E-state index in [1.165, 1.54) is 24.3 Å². The number of carbonyl (C=O) groups is 1. The average molecular weight is 436 g/mol. The van der Waals surface area contributed by atoms with Crippen LogP contribution in [-0.4, -0.2) is 22.0 Å². The van der Waals surface area contributed by atoms with E-state index in [0.29, 0.717) is 23.5 Å². The molecule has 0 unspecified atom stereocenters. The summed E-state index contributed by atoms with van der Waals surface area (Å²) in [6.45, 7) is 5.19. The lowest BCUT2D eigenvalue weighted by atomic mass is 10.2. The van der Waals surface area contributed by atoms with Crippen molar-refractivity contribution in [1.29, 1.82) is 5.26 Å². The Morgan fingerprint density at radius 2 is 1.91 bits per heavy atom. The lowest BCUT2D eigenvalue weighted by Crippen LogP contribution is -2.23. The quantitative estimate of drug-likeness (QED) is 0.436. The predicted molar refractivity (Wildman–Crippen MR) is 116 cm³/mol. The Morgan fingerprint density at radius 3 is 2.53 bits per heavy atom. The molecule has 9 heteroatoms. The number of halogens is 1. The maximum Gasteiger partial charge on any atom is 0.310 e. The molecule has 1 aromatic heterocycles. The van der Waals surface area contributed by atoms with Crippen LogP contribution in [0.15, 0.2) is 42.5 Å². The Morgan fingerprint density at radius 1 is 1.22 bits per heavy atom. The van der Waals surface area contributed by atoms with E-state index in [9.17, 15) is 24.6 Å². The van der Waals surface area contributed by atoms with Gasteiger partial charge >= 0.3 is 5.69 Å². The molecule has 3 aromatic rings. The number of nitrogens with one attached hydrogen (secondary N) is 1. The van der Waals surface area contributed by atoms with Crippen LogP contribution in [0.2, 0.25) is 0 Å². The number of nitriles is 1. The molecule has 164 valence electrons. The van der Waals surface area contributed by atoms with E-state index in [1.54, 1.807) is 36.6 Å². The Labute approximate surface area is 184 Å². The molecule has 0 spiro atoms. The highest BCUT2D eigenvalue weighted by atomic mass is 19.1. The molecule has 0 aliphatic carbocycles. The smallest absolute Gasteiger partial charge is 0.310 e. The van der Waals surface area contributed by atoms with Gasteiger partial charge in [-0.25, -0.2) is 4.39 Å². The zero-order valence-corrected chi connectivity index (χ0v) is 17.8. The first-order valence-electron chi connectivity index (χ1n) is 9.73. The van der Waals surface area contributed by atoms with Crippen molar-refractivity contribution in [3.63, 3.8) is 0 Å². The second kappa shape index (κ2) is 9.31. The number of benzene rings is 2. The number of nitro groups is 1. The summed E-state index contributed by atoms with van der Waals surface area (Å²) in [5.74, 6) is -0.656. The molecule has 1 heterocycles. The lowest BCUT2D eigenvalue weighted by Gasteiger charge is -2.14. The van der Waals surface area contributed by atoms with Crippen LogP contribution >= 0.6 is 0 Å². The van der Waals surface area contributed by atoms with Crippen molar-refractivity contribution in [2.24, 2.45) is 0 Å². The third-order valence-electron chi connectivity index (χ3n) is 5.12. The molecule has 1 N–H and O–H groups in total. The summed E-state index contributed by atoms with van der Waals surface area (Å²) in [5, 5.41) is 23.5. The van der Waals surface area contributed by atoms with Crippen LogP contribution in [-0.2, 0) is 11.3 Å². The van der Waals surface area contributed by atoms with Crippen molar-refractivity contribution >= 4 is 17.4 Å². The van der Waals surface area contributed by atoms with E-state index >= 15 is 0 Å². The van der Waals surface area contributed by atoms with Gasteiger partial charge in [0.2, 0.25) is 0 Å². The SMILES string of the molecule is Cc1ccc([N+](=O)[O-])c(OCC(=O)Nc2c(C#N)c(C)c(C)n2Cc2ccc(F)cc2)c1. The number of rotatable bonds is 7. The normalized spacial score (nSPS) is 10.5. The fourth-order valence-electron chi connectivity index (χ4n) is 3.30. The molecule has 0 bridgehead atoms. The van der Waals surface area contributed by atoms with E-state index < -0.39 is 17.4 Å². The summed E-state index contributed by atoms with van der Waals surface area (Å²) in [6.07, 6.45) is 0. The van der Waals surface area contributed by atoms with Crippen LogP contribution in [0.4, 0.5) is 15.9 Å². The van der Waals surface area contributed by atoms with Gasteiger partial charge in [0.15, 0.2) is 12.4 Å². The average Bonchev–Trinajstić information content (AvgIpc) is 2.97. The van der Waals surface area contributed by atoms with Gasteiger partial charge in [0.25, 0.3) is 5.91 Å². The van der Waals surface area contributed by atoms with Crippen LogP contribution in [0.3, 0.4) is 0 Å². The molecular weight excluding hydrogens is 415 g/mol. The Bertz CT molecular complexity index is 1230. The van der Waals surface area contributed by atoms with Crippen molar-refractivity contribution in [3.05, 3.63) is 86.3 Å². The molecular formula is C23H21FN4O4. The molecule has 2 aromatic carbocycles. The molecule has 0 aliphatic heterocycles. The number of carbonyl (C=O) groups excluding carboxylic acids is 1. The number of amides is 1. The molecule has 32 heavy (non-hydrogen) atoms. The zero-order chi connectivity index (χ0) is 23.4. The highest BCUT2D eigenvalue weighted by Gasteiger charge is 2.21. The van der Waals surface area contributed by atoms with E-state index in [0.717, 1.165) is 16.8 Å². The van der Waals surface area contributed by atoms with Crippen LogP contribution < -0.4 is 10.1 Å². The first-order chi connectivity index (χ1) is 15.2. The largest absolute Gasteiger partial charge is 0.477 e. The number of aromatic nitrogens is 1. The van der Waals surface area contributed by atoms with Gasteiger partial charge in [0.05, 0.1) is 10.5 Å². The van der Waals surface area contributed by atoms with E-state index in [4.69, 9.17) is 4.74 Å². The number of anilines is 1. The van der Waals surface area contributed by atoms with Crippen LogP contribution in [0, 0.1) is 48.0 Å². The standard InChI is InChI=1S/C23H21FN4O4/c1-14-4-9-20(28(30)31)21(10-14)32-13-22(29)26-23-19(11-25)15(2)16(3)27(23)12-17-5-7-18(24)8-6-17/h4-10H,12-13H2,1-3H3,(H,26,29). The Balaban J connectivity index is 1.84. The summed E-state index contributed by atoms with van der Waals surface area (Å²) in [5.41, 5.74) is 3.08.